The number of hydrogen-bond acceptors (Lipinski definition) is 4. The van der Waals surface area contributed by atoms with Crippen molar-refractivity contribution in [2.75, 3.05) is 59.9 Å². The van der Waals surface area contributed by atoms with Crippen LogP contribution in [0.1, 0.15) is 53.4 Å². The van der Waals surface area contributed by atoms with E-state index in [4.69, 9.17) is 4.74 Å². The molecule has 0 spiro atoms. The molecule has 0 aromatic rings. The van der Waals surface area contributed by atoms with Gasteiger partial charge in [-0.3, -0.25) is 4.99 Å². The molecule has 176 valence electrons. The number of guanidine groups is 1. The summed E-state index contributed by atoms with van der Waals surface area (Å²) in [6.45, 7) is 15.2. The first-order valence-electron chi connectivity index (χ1n) is 11.3. The van der Waals surface area contributed by atoms with Crippen molar-refractivity contribution >= 4 is 36.0 Å². The Morgan fingerprint density at radius 1 is 1.23 bits per heavy atom. The van der Waals surface area contributed by atoms with Crippen LogP contribution in [0, 0.1) is 11.8 Å². The lowest BCUT2D eigenvalue weighted by Crippen LogP contribution is -2.44. The molecule has 7 nitrogen and oxygen atoms in total. The summed E-state index contributed by atoms with van der Waals surface area (Å²) in [7, 11) is 3.66. The van der Waals surface area contributed by atoms with Gasteiger partial charge in [-0.25, -0.2) is 4.79 Å². The Hall–Kier alpha value is -0.770. The molecule has 1 N–H and O–H groups in total. The third-order valence-corrected chi connectivity index (χ3v) is 5.66. The number of carbonyl (C=O) groups is 1. The molecule has 2 aliphatic heterocycles. The highest BCUT2D eigenvalue weighted by Crippen LogP contribution is 2.20. The van der Waals surface area contributed by atoms with Gasteiger partial charge in [-0.1, -0.05) is 13.3 Å². The molecule has 0 radical (unpaired) electrons. The van der Waals surface area contributed by atoms with Crippen LogP contribution in [0.25, 0.3) is 0 Å². The summed E-state index contributed by atoms with van der Waals surface area (Å²) in [5.41, 5.74) is -0.463. The summed E-state index contributed by atoms with van der Waals surface area (Å²) in [5, 5.41) is 3.51. The second-order valence-electron chi connectivity index (χ2n) is 9.86. The number of piperidine rings is 1. The normalized spacial score (nSPS) is 21.7. The third-order valence-electron chi connectivity index (χ3n) is 5.66. The first-order chi connectivity index (χ1) is 13.7. The van der Waals surface area contributed by atoms with Crippen LogP contribution in [0.15, 0.2) is 4.99 Å². The highest BCUT2D eigenvalue weighted by atomic mass is 127. The topological polar surface area (TPSA) is 60.4 Å². The van der Waals surface area contributed by atoms with Crippen LogP contribution in [0.2, 0.25) is 0 Å². The van der Waals surface area contributed by atoms with Crippen LogP contribution in [0.5, 0.6) is 0 Å². The average Bonchev–Trinajstić information content (AvgIpc) is 3.10. The lowest BCUT2D eigenvalue weighted by atomic mass is 10.1. The summed E-state index contributed by atoms with van der Waals surface area (Å²) in [5.74, 6) is 2.02. The largest absolute Gasteiger partial charge is 0.444 e. The lowest BCUT2D eigenvalue weighted by molar-refractivity contribution is 0.0278. The minimum atomic E-state index is -0.463. The van der Waals surface area contributed by atoms with Crippen LogP contribution >= 0.6 is 24.0 Å². The highest BCUT2D eigenvalue weighted by molar-refractivity contribution is 14.0. The standard InChI is InChI=1S/C22H43N5O2.HI/c1-18(15-25(6)21(28)29-22(2,3)4)14-24-20(23-5)27-13-10-19(17-27)16-26-11-8-7-9-12-26;/h18-19H,7-17H2,1-6H3,(H,23,24);1H. The molecule has 2 saturated heterocycles. The van der Waals surface area contributed by atoms with Crippen molar-refractivity contribution in [3.05, 3.63) is 0 Å². The van der Waals surface area contributed by atoms with Gasteiger partial charge in [0.15, 0.2) is 5.96 Å². The average molecular weight is 538 g/mol. The van der Waals surface area contributed by atoms with E-state index in [0.717, 1.165) is 31.5 Å². The smallest absolute Gasteiger partial charge is 0.410 e. The van der Waals surface area contributed by atoms with Gasteiger partial charge in [-0.2, -0.15) is 0 Å². The van der Waals surface area contributed by atoms with Crippen LogP contribution in [0.4, 0.5) is 4.79 Å². The quantitative estimate of drug-likeness (QED) is 0.320. The number of ether oxygens (including phenoxy) is 1. The molecular formula is C22H44IN5O2. The molecule has 0 saturated carbocycles. The molecule has 0 aliphatic carbocycles. The van der Waals surface area contributed by atoms with Gasteiger partial charge in [-0.15, -0.1) is 24.0 Å². The van der Waals surface area contributed by atoms with E-state index in [-0.39, 0.29) is 30.1 Å². The van der Waals surface area contributed by atoms with Crippen LogP contribution in [-0.2, 0) is 4.74 Å². The van der Waals surface area contributed by atoms with Crippen molar-refractivity contribution in [1.82, 2.24) is 20.0 Å². The monoisotopic (exact) mass is 537 g/mol. The summed E-state index contributed by atoms with van der Waals surface area (Å²) in [4.78, 5) is 23.3. The number of hydrogen-bond donors (Lipinski definition) is 1. The van der Waals surface area contributed by atoms with Gasteiger partial charge in [0.05, 0.1) is 0 Å². The van der Waals surface area contributed by atoms with Gasteiger partial charge in [0.25, 0.3) is 0 Å². The fourth-order valence-corrected chi connectivity index (χ4v) is 4.23. The van der Waals surface area contributed by atoms with E-state index in [1.807, 2.05) is 27.8 Å². The van der Waals surface area contributed by atoms with Crippen LogP contribution in [0.3, 0.4) is 0 Å². The minimum absolute atomic E-state index is 0. The van der Waals surface area contributed by atoms with E-state index < -0.39 is 5.60 Å². The van der Waals surface area contributed by atoms with Gasteiger partial charge in [-0.05, 0) is 65.0 Å². The van der Waals surface area contributed by atoms with Crippen LogP contribution < -0.4 is 5.32 Å². The predicted octanol–water partition coefficient (Wildman–Crippen LogP) is 3.49. The maximum absolute atomic E-state index is 12.1. The summed E-state index contributed by atoms with van der Waals surface area (Å²) < 4.78 is 5.43. The zero-order valence-electron chi connectivity index (χ0n) is 19.9. The van der Waals surface area contributed by atoms with E-state index in [0.29, 0.717) is 12.5 Å². The fourth-order valence-electron chi connectivity index (χ4n) is 4.23. The zero-order chi connectivity index (χ0) is 21.4. The molecule has 30 heavy (non-hydrogen) atoms. The number of nitrogens with one attached hydrogen (secondary N) is 1. The Kier molecular flexibility index (Phi) is 11.8. The summed E-state index contributed by atoms with van der Waals surface area (Å²) >= 11 is 0. The summed E-state index contributed by atoms with van der Waals surface area (Å²) in [6.07, 6.45) is 5.08. The molecular weight excluding hydrogens is 493 g/mol. The van der Waals surface area contributed by atoms with Gasteiger partial charge >= 0.3 is 6.09 Å². The number of aliphatic imine (C=N–C) groups is 1. The molecule has 8 heteroatoms. The second-order valence-corrected chi connectivity index (χ2v) is 9.86. The van der Waals surface area contributed by atoms with E-state index in [1.54, 1.807) is 11.9 Å². The Morgan fingerprint density at radius 3 is 2.50 bits per heavy atom. The van der Waals surface area contributed by atoms with Crippen molar-refractivity contribution in [3.8, 4) is 0 Å². The van der Waals surface area contributed by atoms with Gasteiger partial charge in [0, 0.05) is 46.8 Å². The molecule has 1 amide bonds. The van der Waals surface area contributed by atoms with Crippen molar-refractivity contribution in [1.29, 1.82) is 0 Å². The number of nitrogens with zero attached hydrogens (tertiary/aromatic N) is 4. The predicted molar refractivity (Wildman–Crippen MR) is 135 cm³/mol. The Morgan fingerprint density at radius 2 is 1.90 bits per heavy atom. The fraction of sp³-hybridized carbons (Fsp3) is 0.909. The van der Waals surface area contributed by atoms with Crippen LogP contribution in [-0.4, -0.2) is 92.3 Å². The van der Waals surface area contributed by atoms with Crippen molar-refractivity contribution in [3.63, 3.8) is 0 Å². The molecule has 0 bridgehead atoms. The number of carbonyl (C=O) groups excluding carboxylic acids is 1. The van der Waals surface area contributed by atoms with Crippen molar-refractivity contribution < 1.29 is 9.53 Å². The zero-order valence-corrected chi connectivity index (χ0v) is 22.3. The molecule has 0 aromatic heterocycles. The maximum atomic E-state index is 12.1. The van der Waals surface area contributed by atoms with Gasteiger partial charge in [0.1, 0.15) is 5.60 Å². The molecule has 2 aliphatic rings. The van der Waals surface area contributed by atoms with Crippen molar-refractivity contribution in [2.24, 2.45) is 16.8 Å². The van der Waals surface area contributed by atoms with E-state index in [2.05, 4.69) is 27.0 Å². The molecule has 2 heterocycles. The Balaban J connectivity index is 0.00000450. The Bertz CT molecular complexity index is 546. The number of halogens is 1. The molecule has 2 unspecified atom stereocenters. The minimum Gasteiger partial charge on any atom is -0.444 e. The lowest BCUT2D eigenvalue weighted by Gasteiger charge is -2.29. The SMILES string of the molecule is CN=C(NCC(C)CN(C)C(=O)OC(C)(C)C)N1CCC(CN2CCCCC2)C1.I. The second kappa shape index (κ2) is 12.9. The number of rotatable bonds is 6. The molecule has 2 fully saturated rings. The first-order valence-corrected chi connectivity index (χ1v) is 11.3. The van der Waals surface area contributed by atoms with E-state index >= 15 is 0 Å². The third kappa shape index (κ3) is 9.58. The number of likely N-dealkylation sites (tertiary alicyclic amines) is 2. The Labute approximate surface area is 201 Å². The van der Waals surface area contributed by atoms with Gasteiger partial charge in [0.2, 0.25) is 0 Å². The summed E-state index contributed by atoms with van der Waals surface area (Å²) in [6, 6.07) is 0. The van der Waals surface area contributed by atoms with E-state index in [9.17, 15) is 4.79 Å². The maximum Gasteiger partial charge on any atom is 0.410 e. The molecule has 2 atom stereocenters. The van der Waals surface area contributed by atoms with Gasteiger partial charge < -0.3 is 24.8 Å². The molecule has 2 rings (SSSR count). The highest BCUT2D eigenvalue weighted by Gasteiger charge is 2.27. The number of amides is 1. The molecule has 0 aromatic carbocycles. The first kappa shape index (κ1) is 27.3. The van der Waals surface area contributed by atoms with Crippen molar-refractivity contribution in [2.45, 2.75) is 59.0 Å². The van der Waals surface area contributed by atoms with E-state index in [1.165, 1.54) is 45.3 Å².